The van der Waals surface area contributed by atoms with Crippen molar-refractivity contribution in [2.45, 2.75) is 38.8 Å². The average Bonchev–Trinajstić information content (AvgIpc) is 2.99. The molecule has 7 heteroatoms. The number of imide groups is 1. The third-order valence-electron chi connectivity index (χ3n) is 5.61. The first-order chi connectivity index (χ1) is 14.3. The standard InChI is InChI=1S/C23H26FN3O3/c1-4-16-6-8-17(9-7-16)14-26(3)20(28)15-27-21(29)23(5-2,25-22(27)30)18-10-12-19(24)13-11-18/h6-13H,4-5,14-15H2,1-3H3,(H,25,30). The summed E-state index contributed by atoms with van der Waals surface area (Å²) in [6.45, 7) is 3.87. The predicted molar refractivity (Wildman–Crippen MR) is 111 cm³/mol. The summed E-state index contributed by atoms with van der Waals surface area (Å²) in [5.41, 5.74) is 1.38. The number of nitrogens with one attached hydrogen (secondary N) is 1. The Balaban J connectivity index is 1.72. The van der Waals surface area contributed by atoms with E-state index in [1.807, 2.05) is 24.3 Å². The van der Waals surface area contributed by atoms with Gasteiger partial charge in [-0.25, -0.2) is 9.18 Å². The minimum absolute atomic E-state index is 0.285. The third kappa shape index (κ3) is 4.06. The lowest BCUT2D eigenvalue weighted by atomic mass is 9.87. The Morgan fingerprint density at radius 3 is 2.20 bits per heavy atom. The van der Waals surface area contributed by atoms with E-state index >= 15 is 0 Å². The molecule has 2 aromatic carbocycles. The van der Waals surface area contributed by atoms with Gasteiger partial charge in [-0.2, -0.15) is 0 Å². The molecule has 2 aromatic rings. The zero-order chi connectivity index (χ0) is 21.9. The van der Waals surface area contributed by atoms with Crippen molar-refractivity contribution in [2.24, 2.45) is 0 Å². The first kappa shape index (κ1) is 21.5. The van der Waals surface area contributed by atoms with Crippen LogP contribution in [-0.2, 0) is 28.1 Å². The molecule has 0 aromatic heterocycles. The lowest BCUT2D eigenvalue weighted by Gasteiger charge is -2.26. The maximum Gasteiger partial charge on any atom is 0.325 e. The highest BCUT2D eigenvalue weighted by Gasteiger charge is 2.51. The maximum atomic E-state index is 13.3. The van der Waals surface area contributed by atoms with Crippen LogP contribution < -0.4 is 5.32 Å². The second-order valence-electron chi connectivity index (χ2n) is 7.51. The lowest BCUT2D eigenvalue weighted by molar-refractivity contribution is -0.138. The fourth-order valence-corrected chi connectivity index (χ4v) is 3.64. The van der Waals surface area contributed by atoms with Gasteiger partial charge in [0.1, 0.15) is 17.9 Å². The summed E-state index contributed by atoms with van der Waals surface area (Å²) < 4.78 is 13.3. The maximum absolute atomic E-state index is 13.3. The molecule has 1 saturated heterocycles. The minimum Gasteiger partial charge on any atom is -0.340 e. The van der Waals surface area contributed by atoms with Crippen LogP contribution in [0.4, 0.5) is 9.18 Å². The Bertz CT molecular complexity index is 943. The van der Waals surface area contributed by atoms with Crippen molar-refractivity contribution in [3.8, 4) is 0 Å². The van der Waals surface area contributed by atoms with Gasteiger partial charge in [0.05, 0.1) is 0 Å². The number of urea groups is 1. The number of benzene rings is 2. The number of amides is 4. The van der Waals surface area contributed by atoms with Gasteiger partial charge < -0.3 is 10.2 Å². The number of hydrogen-bond donors (Lipinski definition) is 1. The summed E-state index contributed by atoms with van der Waals surface area (Å²) in [6, 6.07) is 12.8. The van der Waals surface area contributed by atoms with E-state index in [9.17, 15) is 18.8 Å². The largest absolute Gasteiger partial charge is 0.340 e. The van der Waals surface area contributed by atoms with Crippen LogP contribution in [0.2, 0.25) is 0 Å². The number of nitrogens with zero attached hydrogens (tertiary/aromatic N) is 2. The van der Waals surface area contributed by atoms with Gasteiger partial charge in [0.15, 0.2) is 0 Å². The summed E-state index contributed by atoms with van der Waals surface area (Å²) in [5, 5.41) is 2.70. The molecule has 3 rings (SSSR count). The molecular formula is C23H26FN3O3. The summed E-state index contributed by atoms with van der Waals surface area (Å²) in [4.78, 5) is 40.8. The number of likely N-dealkylation sites (N-methyl/N-ethyl adjacent to an activating group) is 1. The highest BCUT2D eigenvalue weighted by molar-refractivity contribution is 6.09. The van der Waals surface area contributed by atoms with Gasteiger partial charge in [-0.15, -0.1) is 0 Å². The minimum atomic E-state index is -1.29. The van der Waals surface area contributed by atoms with Crippen LogP contribution in [0.15, 0.2) is 48.5 Å². The molecule has 4 amide bonds. The fourth-order valence-electron chi connectivity index (χ4n) is 3.64. The molecule has 0 aliphatic carbocycles. The van der Waals surface area contributed by atoms with E-state index in [0.29, 0.717) is 12.1 Å². The van der Waals surface area contributed by atoms with Crippen LogP contribution in [0.3, 0.4) is 0 Å². The Hall–Kier alpha value is -3.22. The van der Waals surface area contributed by atoms with E-state index in [1.54, 1.807) is 14.0 Å². The van der Waals surface area contributed by atoms with Gasteiger partial charge in [0, 0.05) is 13.6 Å². The van der Waals surface area contributed by atoms with Gasteiger partial charge in [0.25, 0.3) is 5.91 Å². The zero-order valence-electron chi connectivity index (χ0n) is 17.4. The van der Waals surface area contributed by atoms with E-state index in [-0.39, 0.29) is 18.9 Å². The highest BCUT2D eigenvalue weighted by atomic mass is 19.1. The summed E-state index contributed by atoms with van der Waals surface area (Å²) in [6.07, 6.45) is 1.22. The molecule has 0 spiro atoms. The SMILES string of the molecule is CCc1ccc(CN(C)C(=O)CN2C(=O)NC(CC)(c3ccc(F)cc3)C2=O)cc1. The van der Waals surface area contributed by atoms with Crippen LogP contribution in [0.25, 0.3) is 0 Å². The molecule has 0 radical (unpaired) electrons. The molecule has 0 bridgehead atoms. The van der Waals surface area contributed by atoms with Crippen LogP contribution >= 0.6 is 0 Å². The Morgan fingerprint density at radius 2 is 1.63 bits per heavy atom. The van der Waals surface area contributed by atoms with Crippen LogP contribution in [-0.4, -0.2) is 41.2 Å². The molecular weight excluding hydrogens is 385 g/mol. The van der Waals surface area contributed by atoms with Gasteiger partial charge in [-0.3, -0.25) is 14.5 Å². The van der Waals surface area contributed by atoms with Crippen molar-refractivity contribution < 1.29 is 18.8 Å². The fraction of sp³-hybridized carbons (Fsp3) is 0.348. The normalized spacial score (nSPS) is 18.5. The van der Waals surface area contributed by atoms with Gasteiger partial charge in [-0.05, 0) is 41.7 Å². The van der Waals surface area contributed by atoms with Crippen molar-refractivity contribution in [1.29, 1.82) is 0 Å². The second-order valence-corrected chi connectivity index (χ2v) is 7.51. The van der Waals surface area contributed by atoms with E-state index in [1.165, 1.54) is 34.7 Å². The Kier molecular flexibility index (Phi) is 6.20. The number of carbonyl (C=O) groups is 3. The molecule has 1 heterocycles. The molecule has 1 aliphatic heterocycles. The van der Waals surface area contributed by atoms with Crippen LogP contribution in [0.5, 0.6) is 0 Å². The smallest absolute Gasteiger partial charge is 0.325 e. The number of halogens is 1. The van der Waals surface area contributed by atoms with E-state index in [0.717, 1.165) is 16.9 Å². The second kappa shape index (κ2) is 8.65. The zero-order valence-corrected chi connectivity index (χ0v) is 17.4. The van der Waals surface area contributed by atoms with Crippen molar-refractivity contribution in [3.05, 3.63) is 71.0 Å². The van der Waals surface area contributed by atoms with Crippen LogP contribution in [0.1, 0.15) is 37.0 Å². The molecule has 1 unspecified atom stereocenters. The van der Waals surface area contributed by atoms with Gasteiger partial charge in [-0.1, -0.05) is 50.2 Å². The molecule has 1 atom stereocenters. The van der Waals surface area contributed by atoms with E-state index < -0.39 is 23.3 Å². The molecule has 6 nitrogen and oxygen atoms in total. The summed E-state index contributed by atoms with van der Waals surface area (Å²) >= 11 is 0. The Labute approximate surface area is 175 Å². The predicted octanol–water partition coefficient (Wildman–Crippen LogP) is 3.20. The van der Waals surface area contributed by atoms with Crippen molar-refractivity contribution in [3.63, 3.8) is 0 Å². The lowest BCUT2D eigenvalue weighted by Crippen LogP contribution is -2.45. The highest BCUT2D eigenvalue weighted by Crippen LogP contribution is 2.32. The number of rotatable bonds is 7. The molecule has 1 fully saturated rings. The van der Waals surface area contributed by atoms with Gasteiger partial charge >= 0.3 is 6.03 Å². The molecule has 30 heavy (non-hydrogen) atoms. The Morgan fingerprint density at radius 1 is 1.03 bits per heavy atom. The van der Waals surface area contributed by atoms with Gasteiger partial charge in [0.2, 0.25) is 5.91 Å². The number of carbonyl (C=O) groups excluding carboxylic acids is 3. The average molecular weight is 411 g/mol. The summed E-state index contributed by atoms with van der Waals surface area (Å²) in [7, 11) is 1.64. The van der Waals surface area contributed by atoms with Crippen molar-refractivity contribution in [2.75, 3.05) is 13.6 Å². The van der Waals surface area contributed by atoms with Crippen molar-refractivity contribution >= 4 is 17.8 Å². The van der Waals surface area contributed by atoms with Crippen molar-refractivity contribution in [1.82, 2.24) is 15.1 Å². The molecule has 158 valence electrons. The van der Waals surface area contributed by atoms with Crippen LogP contribution in [0, 0.1) is 5.82 Å². The number of hydrogen-bond acceptors (Lipinski definition) is 3. The van der Waals surface area contributed by atoms with E-state index in [2.05, 4.69) is 12.2 Å². The first-order valence-electron chi connectivity index (χ1n) is 10.0. The topological polar surface area (TPSA) is 69.7 Å². The quantitative estimate of drug-likeness (QED) is 0.712. The third-order valence-corrected chi connectivity index (χ3v) is 5.61. The first-order valence-corrected chi connectivity index (χ1v) is 10.0. The molecule has 0 saturated carbocycles. The number of aryl methyl sites for hydroxylation is 1. The summed E-state index contributed by atoms with van der Waals surface area (Å²) in [5.74, 6) is -1.28. The molecule has 1 N–H and O–H groups in total. The van der Waals surface area contributed by atoms with E-state index in [4.69, 9.17) is 0 Å². The monoisotopic (exact) mass is 411 g/mol. The molecule has 1 aliphatic rings.